The number of carbonyl (C=O) groups excluding carboxylic acids is 2. The van der Waals surface area contributed by atoms with Gasteiger partial charge in [0.25, 0.3) is 5.91 Å². The number of aliphatic hydroxyl groups is 1. The minimum absolute atomic E-state index is 0.0994. The quantitative estimate of drug-likeness (QED) is 0.709. The molecule has 5 nitrogen and oxygen atoms in total. The maximum atomic E-state index is 11.8. The number of nitrogens with one attached hydrogen (secondary N) is 2. The minimum atomic E-state index is -1.38. The molecule has 0 aliphatic rings. The first-order valence-electron chi connectivity index (χ1n) is 7.04. The van der Waals surface area contributed by atoms with E-state index in [0.29, 0.717) is 15.6 Å². The molecule has 1 rings (SSSR count). The van der Waals surface area contributed by atoms with Gasteiger partial charge in [-0.25, -0.2) is 0 Å². The van der Waals surface area contributed by atoms with Crippen molar-refractivity contribution < 1.29 is 14.7 Å². The average Bonchev–Trinajstić information content (AvgIpc) is 2.45. The summed E-state index contributed by atoms with van der Waals surface area (Å²) in [6, 6.07) is 4.54. The first-order chi connectivity index (χ1) is 10.3. The molecule has 0 radical (unpaired) electrons. The molecule has 0 spiro atoms. The van der Waals surface area contributed by atoms with Crippen molar-refractivity contribution in [2.24, 2.45) is 0 Å². The molecule has 7 heteroatoms. The van der Waals surface area contributed by atoms with Crippen LogP contribution in [0, 0.1) is 0 Å². The van der Waals surface area contributed by atoms with Crippen molar-refractivity contribution in [2.75, 3.05) is 6.54 Å². The van der Waals surface area contributed by atoms with Gasteiger partial charge in [-0.3, -0.25) is 9.59 Å². The summed E-state index contributed by atoms with van der Waals surface area (Å²) in [4.78, 5) is 23.4. The Bertz CT molecular complexity index is 517. The molecular formula is C15H20Cl2N2O3. The molecule has 2 unspecified atom stereocenters. The molecule has 0 aliphatic heterocycles. The maximum absolute atomic E-state index is 11.8. The summed E-state index contributed by atoms with van der Waals surface area (Å²) in [6.07, 6.45) is -0.389. The number of amides is 2. The highest BCUT2D eigenvalue weighted by molar-refractivity contribution is 6.34. The molecule has 3 N–H and O–H groups in total. The number of rotatable bonds is 7. The van der Waals surface area contributed by atoms with Crippen LogP contribution in [0.3, 0.4) is 0 Å². The Labute approximate surface area is 140 Å². The van der Waals surface area contributed by atoms with Gasteiger partial charge in [0.2, 0.25) is 5.91 Å². The zero-order valence-corrected chi connectivity index (χ0v) is 14.0. The topological polar surface area (TPSA) is 78.4 Å². The van der Waals surface area contributed by atoms with Gasteiger partial charge in [0.05, 0.1) is 0 Å². The third kappa shape index (κ3) is 6.22. The zero-order chi connectivity index (χ0) is 16.7. The number of carbonyl (C=O) groups is 2. The van der Waals surface area contributed by atoms with E-state index < -0.39 is 12.0 Å². The van der Waals surface area contributed by atoms with Crippen LogP contribution in [0.25, 0.3) is 0 Å². The lowest BCUT2D eigenvalue weighted by Gasteiger charge is -2.14. The van der Waals surface area contributed by atoms with Crippen LogP contribution in [0.2, 0.25) is 10.0 Å². The Morgan fingerprint density at radius 2 is 1.82 bits per heavy atom. The molecule has 0 bridgehead atoms. The van der Waals surface area contributed by atoms with Crippen molar-refractivity contribution in [3.63, 3.8) is 0 Å². The van der Waals surface area contributed by atoms with Crippen molar-refractivity contribution >= 4 is 35.0 Å². The first-order valence-corrected chi connectivity index (χ1v) is 7.80. The van der Waals surface area contributed by atoms with Crippen LogP contribution >= 0.6 is 23.2 Å². The van der Waals surface area contributed by atoms with Gasteiger partial charge < -0.3 is 15.7 Å². The van der Waals surface area contributed by atoms with Crippen LogP contribution in [0.4, 0.5) is 0 Å². The van der Waals surface area contributed by atoms with Gasteiger partial charge in [-0.2, -0.15) is 0 Å². The molecular weight excluding hydrogens is 327 g/mol. The summed E-state index contributed by atoms with van der Waals surface area (Å²) < 4.78 is 0. The Morgan fingerprint density at radius 1 is 1.23 bits per heavy atom. The second-order valence-corrected chi connectivity index (χ2v) is 5.90. The molecule has 0 fully saturated rings. The lowest BCUT2D eigenvalue weighted by Crippen LogP contribution is -2.36. The number of aliphatic hydroxyl groups excluding tert-OH is 1. The summed E-state index contributed by atoms with van der Waals surface area (Å²) >= 11 is 11.7. The van der Waals surface area contributed by atoms with Crippen LogP contribution in [0.5, 0.6) is 0 Å². The minimum Gasteiger partial charge on any atom is -0.378 e. The summed E-state index contributed by atoms with van der Waals surface area (Å²) in [7, 11) is 0. The fraction of sp³-hybridized carbons (Fsp3) is 0.467. The molecule has 122 valence electrons. The van der Waals surface area contributed by atoms with Gasteiger partial charge in [-0.1, -0.05) is 30.1 Å². The molecule has 0 saturated heterocycles. The summed E-state index contributed by atoms with van der Waals surface area (Å²) in [5, 5.41) is 15.9. The van der Waals surface area contributed by atoms with Crippen LogP contribution in [-0.2, 0) is 9.59 Å². The highest BCUT2D eigenvalue weighted by Gasteiger charge is 2.18. The number of halogens is 2. The third-order valence-corrected chi connectivity index (χ3v) is 3.56. The molecule has 2 atom stereocenters. The van der Waals surface area contributed by atoms with E-state index in [-0.39, 0.29) is 24.9 Å². The predicted molar refractivity (Wildman–Crippen MR) is 86.9 cm³/mol. The van der Waals surface area contributed by atoms with Gasteiger partial charge in [-0.05, 0) is 37.1 Å². The fourth-order valence-electron chi connectivity index (χ4n) is 1.73. The van der Waals surface area contributed by atoms with E-state index in [1.807, 2.05) is 13.8 Å². The summed E-state index contributed by atoms with van der Waals surface area (Å²) in [6.45, 7) is 4.02. The van der Waals surface area contributed by atoms with Crippen molar-refractivity contribution in [1.29, 1.82) is 0 Å². The molecule has 0 heterocycles. The van der Waals surface area contributed by atoms with Crippen molar-refractivity contribution in [2.45, 2.75) is 38.8 Å². The normalized spacial score (nSPS) is 13.3. The number of hydrogen-bond donors (Lipinski definition) is 3. The molecule has 0 aliphatic carbocycles. The number of hydrogen-bond acceptors (Lipinski definition) is 3. The van der Waals surface area contributed by atoms with Crippen molar-refractivity contribution in [3.8, 4) is 0 Å². The highest BCUT2D eigenvalue weighted by atomic mass is 35.5. The van der Waals surface area contributed by atoms with Crippen molar-refractivity contribution in [3.05, 3.63) is 33.8 Å². The van der Waals surface area contributed by atoms with Crippen LogP contribution in [0.1, 0.15) is 38.4 Å². The summed E-state index contributed by atoms with van der Waals surface area (Å²) in [5.41, 5.74) is 0.305. The largest absolute Gasteiger partial charge is 0.378 e. The van der Waals surface area contributed by atoms with Crippen LogP contribution in [0.15, 0.2) is 18.2 Å². The summed E-state index contributed by atoms with van der Waals surface area (Å²) in [5.74, 6) is -0.746. The van der Waals surface area contributed by atoms with E-state index in [1.165, 1.54) is 18.2 Å². The van der Waals surface area contributed by atoms with Gasteiger partial charge in [0, 0.05) is 29.1 Å². The van der Waals surface area contributed by atoms with Crippen molar-refractivity contribution in [1.82, 2.24) is 10.6 Å². The van der Waals surface area contributed by atoms with Gasteiger partial charge in [-0.15, -0.1) is 0 Å². The molecule has 22 heavy (non-hydrogen) atoms. The second-order valence-electron chi connectivity index (χ2n) is 5.02. The lowest BCUT2D eigenvalue weighted by atomic mass is 10.1. The molecule has 0 saturated carbocycles. The second kappa shape index (κ2) is 8.98. The Kier molecular flexibility index (Phi) is 7.65. The maximum Gasteiger partial charge on any atom is 0.253 e. The van der Waals surface area contributed by atoms with E-state index in [2.05, 4.69) is 10.6 Å². The Balaban J connectivity index is 2.46. The fourth-order valence-corrected chi connectivity index (χ4v) is 2.27. The Morgan fingerprint density at radius 3 is 2.36 bits per heavy atom. The van der Waals surface area contributed by atoms with E-state index in [4.69, 9.17) is 23.2 Å². The molecule has 0 aromatic heterocycles. The predicted octanol–water partition coefficient (Wildman–Crippen LogP) is 2.45. The van der Waals surface area contributed by atoms with Crippen LogP contribution < -0.4 is 10.6 Å². The van der Waals surface area contributed by atoms with Gasteiger partial charge in [0.1, 0.15) is 0 Å². The zero-order valence-electron chi connectivity index (χ0n) is 12.5. The average molecular weight is 347 g/mol. The molecule has 1 aromatic rings. The first kappa shape index (κ1) is 18.7. The van der Waals surface area contributed by atoms with Gasteiger partial charge in [0.15, 0.2) is 6.10 Å². The molecule has 1 aromatic carbocycles. The van der Waals surface area contributed by atoms with E-state index in [9.17, 15) is 14.7 Å². The number of benzene rings is 1. The third-order valence-electron chi connectivity index (χ3n) is 3.12. The standard InChI is InChI=1S/C15H20Cl2N2O3/c1-3-9(2)19-13(20)4-5-18-15(22)14(21)10-6-11(16)8-12(17)7-10/h6-9,14,21H,3-5H2,1-2H3,(H,18,22)(H,19,20). The monoisotopic (exact) mass is 346 g/mol. The van der Waals surface area contributed by atoms with Crippen LogP contribution in [-0.4, -0.2) is 29.5 Å². The van der Waals surface area contributed by atoms with E-state index in [0.717, 1.165) is 6.42 Å². The van der Waals surface area contributed by atoms with E-state index >= 15 is 0 Å². The van der Waals surface area contributed by atoms with E-state index in [1.54, 1.807) is 0 Å². The Hall–Kier alpha value is -1.30. The highest BCUT2D eigenvalue weighted by Crippen LogP contribution is 2.23. The smallest absolute Gasteiger partial charge is 0.253 e. The lowest BCUT2D eigenvalue weighted by molar-refractivity contribution is -0.129. The molecule has 2 amide bonds. The SMILES string of the molecule is CCC(C)NC(=O)CCNC(=O)C(O)c1cc(Cl)cc(Cl)c1. The van der Waals surface area contributed by atoms with Gasteiger partial charge >= 0.3 is 0 Å².